The average Bonchev–Trinajstić information content (AvgIpc) is 2.95. The van der Waals surface area contributed by atoms with E-state index in [0.29, 0.717) is 12.4 Å². The van der Waals surface area contributed by atoms with Gasteiger partial charge in [-0.1, -0.05) is 62.4 Å². The minimum Gasteiger partial charge on any atom is -0.489 e. The highest BCUT2D eigenvalue weighted by molar-refractivity contribution is 7.89. The van der Waals surface area contributed by atoms with E-state index in [1.165, 1.54) is 18.2 Å². The third-order valence-corrected chi connectivity index (χ3v) is 8.25. The number of hydrogen-bond donors (Lipinski definition) is 2. The summed E-state index contributed by atoms with van der Waals surface area (Å²) in [6.45, 7) is 8.83. The lowest BCUT2D eigenvalue weighted by atomic mass is 10.0. The maximum absolute atomic E-state index is 13.6. The molecule has 2 N–H and O–H groups in total. The van der Waals surface area contributed by atoms with E-state index < -0.39 is 38.8 Å². The molecule has 0 spiro atoms. The largest absolute Gasteiger partial charge is 0.489 e. The quantitative estimate of drug-likeness (QED) is 0.180. The molecule has 0 aliphatic rings. The molecule has 0 saturated heterocycles. The molecule has 0 aliphatic heterocycles. The van der Waals surface area contributed by atoms with E-state index >= 15 is 0 Å². The summed E-state index contributed by atoms with van der Waals surface area (Å²) in [6, 6.07) is 20.8. The van der Waals surface area contributed by atoms with E-state index in [1.807, 2.05) is 56.3 Å². The van der Waals surface area contributed by atoms with Crippen molar-refractivity contribution < 1.29 is 32.7 Å². The van der Waals surface area contributed by atoms with Gasteiger partial charge < -0.3 is 19.9 Å². The van der Waals surface area contributed by atoms with Crippen molar-refractivity contribution in [1.82, 2.24) is 9.62 Å². The van der Waals surface area contributed by atoms with Crippen molar-refractivity contribution in [2.45, 2.75) is 70.3 Å². The Balaban J connectivity index is 1.83. The minimum atomic E-state index is -4.24. The summed E-state index contributed by atoms with van der Waals surface area (Å²) < 4.78 is 39.6. The van der Waals surface area contributed by atoms with Gasteiger partial charge in [0.05, 0.1) is 22.0 Å². The number of sulfonamides is 1. The number of alkyl carbamates (subject to hydrolysis) is 1. The smallest absolute Gasteiger partial charge is 0.407 e. The second-order valence-electron chi connectivity index (χ2n) is 11.9. The van der Waals surface area contributed by atoms with Gasteiger partial charge in [0.1, 0.15) is 18.0 Å². The number of hydrogen-bond acceptors (Lipinski definition) is 8. The van der Waals surface area contributed by atoms with Gasteiger partial charge in [0.2, 0.25) is 10.0 Å². The van der Waals surface area contributed by atoms with Crippen LogP contribution in [0, 0.1) is 16.0 Å². The number of benzene rings is 3. The van der Waals surface area contributed by atoms with Gasteiger partial charge in [-0.05, 0) is 62.4 Å². The third kappa shape index (κ3) is 10.6. The molecule has 2 atom stereocenters. The van der Waals surface area contributed by atoms with Crippen molar-refractivity contribution in [2.75, 3.05) is 13.1 Å². The topological polar surface area (TPSA) is 148 Å². The van der Waals surface area contributed by atoms with Crippen LogP contribution in [-0.4, -0.2) is 59.7 Å². The Morgan fingerprint density at radius 1 is 0.977 bits per heavy atom. The Labute approximate surface area is 259 Å². The number of rotatable bonds is 14. The predicted molar refractivity (Wildman–Crippen MR) is 167 cm³/mol. The normalized spacial score (nSPS) is 13.4. The van der Waals surface area contributed by atoms with Crippen LogP contribution >= 0.6 is 0 Å². The molecule has 0 aliphatic carbocycles. The van der Waals surface area contributed by atoms with Crippen LogP contribution in [-0.2, 0) is 27.8 Å². The maximum Gasteiger partial charge on any atom is 0.407 e. The standard InChI is InChI=1S/C32H41N3O8S/c1-23(2)20-34(44(40,41)28-13-9-12-26(19-28)35(38)39)21-30(36)29(33-31(37)43-32(3,4)5)18-24-14-16-27(17-15-24)42-22-25-10-7-6-8-11-25/h6-17,19,23,29-30,36H,18,20-22H2,1-5H3,(H,33,37). The molecule has 3 rings (SSSR count). The van der Waals surface area contributed by atoms with Crippen molar-refractivity contribution in [2.24, 2.45) is 5.92 Å². The SMILES string of the molecule is CC(C)CN(CC(O)C(Cc1ccc(OCc2ccccc2)cc1)NC(=O)OC(C)(C)C)S(=O)(=O)c1cccc([N+](=O)[O-])c1. The van der Waals surface area contributed by atoms with Crippen LogP contribution in [0.15, 0.2) is 83.8 Å². The molecular formula is C32H41N3O8S. The van der Waals surface area contributed by atoms with Gasteiger partial charge in [-0.15, -0.1) is 0 Å². The van der Waals surface area contributed by atoms with Gasteiger partial charge >= 0.3 is 6.09 Å². The van der Waals surface area contributed by atoms with Gasteiger partial charge in [0.15, 0.2) is 0 Å². The summed E-state index contributed by atoms with van der Waals surface area (Å²) >= 11 is 0. The molecule has 12 heteroatoms. The second-order valence-corrected chi connectivity index (χ2v) is 13.9. The predicted octanol–water partition coefficient (Wildman–Crippen LogP) is 5.32. The molecule has 44 heavy (non-hydrogen) atoms. The van der Waals surface area contributed by atoms with Gasteiger partial charge in [-0.3, -0.25) is 10.1 Å². The highest BCUT2D eigenvalue weighted by Gasteiger charge is 2.33. The van der Waals surface area contributed by atoms with E-state index in [1.54, 1.807) is 32.9 Å². The zero-order valence-electron chi connectivity index (χ0n) is 25.7. The molecule has 1 amide bonds. The lowest BCUT2D eigenvalue weighted by molar-refractivity contribution is -0.385. The number of nitro groups is 1. The third-order valence-electron chi connectivity index (χ3n) is 6.42. The fourth-order valence-electron chi connectivity index (χ4n) is 4.38. The average molecular weight is 628 g/mol. The van der Waals surface area contributed by atoms with Crippen molar-refractivity contribution >= 4 is 21.8 Å². The van der Waals surface area contributed by atoms with Crippen LogP contribution in [0.25, 0.3) is 0 Å². The monoisotopic (exact) mass is 627 g/mol. The second kappa shape index (κ2) is 15.1. The van der Waals surface area contributed by atoms with Crippen LogP contribution in [0.4, 0.5) is 10.5 Å². The Morgan fingerprint density at radius 3 is 2.23 bits per heavy atom. The van der Waals surface area contributed by atoms with Crippen LogP contribution in [0.3, 0.4) is 0 Å². The van der Waals surface area contributed by atoms with E-state index in [4.69, 9.17) is 9.47 Å². The van der Waals surface area contributed by atoms with Gasteiger partial charge in [-0.25, -0.2) is 13.2 Å². The summed E-state index contributed by atoms with van der Waals surface area (Å²) in [5.41, 5.74) is 0.616. The number of carbonyl (C=O) groups is 1. The highest BCUT2D eigenvalue weighted by atomic mass is 32.2. The number of nitro benzene ring substituents is 1. The molecule has 2 unspecified atom stereocenters. The number of non-ortho nitro benzene ring substituents is 1. The number of aliphatic hydroxyl groups is 1. The molecule has 0 saturated carbocycles. The molecule has 0 heterocycles. The van der Waals surface area contributed by atoms with Crippen LogP contribution in [0.1, 0.15) is 45.7 Å². The molecule has 0 radical (unpaired) electrons. The fraction of sp³-hybridized carbons (Fsp3) is 0.406. The molecule has 3 aromatic carbocycles. The molecule has 0 aromatic heterocycles. The molecule has 3 aromatic rings. The minimum absolute atomic E-state index is 0.0364. The number of nitrogens with one attached hydrogen (secondary N) is 1. The van der Waals surface area contributed by atoms with E-state index in [9.17, 15) is 28.4 Å². The number of ether oxygens (including phenoxy) is 2. The van der Waals surface area contributed by atoms with Crippen molar-refractivity contribution in [3.8, 4) is 5.75 Å². The summed E-state index contributed by atoms with van der Waals surface area (Å²) in [5.74, 6) is 0.511. The summed E-state index contributed by atoms with van der Waals surface area (Å²) in [4.78, 5) is 23.1. The molecule has 0 bridgehead atoms. The Hall–Kier alpha value is -4.00. The first-order valence-electron chi connectivity index (χ1n) is 14.3. The summed E-state index contributed by atoms with van der Waals surface area (Å²) in [7, 11) is -4.24. The van der Waals surface area contributed by atoms with Gasteiger partial charge in [0.25, 0.3) is 5.69 Å². The van der Waals surface area contributed by atoms with Crippen molar-refractivity contribution in [1.29, 1.82) is 0 Å². The summed E-state index contributed by atoms with van der Waals surface area (Å²) in [5, 5.41) is 25.4. The molecular weight excluding hydrogens is 586 g/mol. The lowest BCUT2D eigenvalue weighted by Gasteiger charge is -2.31. The van der Waals surface area contributed by atoms with E-state index in [0.717, 1.165) is 21.5 Å². The molecule has 0 fully saturated rings. The first-order chi connectivity index (χ1) is 20.6. The van der Waals surface area contributed by atoms with Crippen LogP contribution < -0.4 is 10.1 Å². The van der Waals surface area contributed by atoms with Crippen molar-refractivity contribution in [3.05, 3.63) is 100 Å². The first kappa shape index (κ1) is 34.5. The number of amides is 1. The zero-order valence-corrected chi connectivity index (χ0v) is 26.5. The first-order valence-corrected chi connectivity index (χ1v) is 15.8. The lowest BCUT2D eigenvalue weighted by Crippen LogP contribution is -2.51. The van der Waals surface area contributed by atoms with Crippen LogP contribution in [0.2, 0.25) is 0 Å². The zero-order chi connectivity index (χ0) is 32.5. The van der Waals surface area contributed by atoms with Gasteiger partial charge in [0, 0.05) is 25.2 Å². The number of aliphatic hydroxyl groups excluding tert-OH is 1. The maximum atomic E-state index is 13.6. The Morgan fingerprint density at radius 2 is 1.64 bits per heavy atom. The van der Waals surface area contributed by atoms with E-state index in [-0.39, 0.29) is 36.0 Å². The number of nitrogens with zero attached hydrogens (tertiary/aromatic N) is 2. The molecule has 238 valence electrons. The van der Waals surface area contributed by atoms with Gasteiger partial charge in [-0.2, -0.15) is 4.31 Å². The van der Waals surface area contributed by atoms with Crippen molar-refractivity contribution in [3.63, 3.8) is 0 Å². The van der Waals surface area contributed by atoms with E-state index in [2.05, 4.69) is 5.32 Å². The highest BCUT2D eigenvalue weighted by Crippen LogP contribution is 2.23. The number of carbonyl (C=O) groups excluding carboxylic acids is 1. The fourth-order valence-corrected chi connectivity index (χ4v) is 6.04. The summed E-state index contributed by atoms with van der Waals surface area (Å²) in [6.07, 6.45) is -1.96. The Bertz CT molecular complexity index is 1490. The Kier molecular flexibility index (Phi) is 11.9. The molecule has 11 nitrogen and oxygen atoms in total. The van der Waals surface area contributed by atoms with Crippen LogP contribution in [0.5, 0.6) is 5.75 Å².